The monoisotopic (exact) mass is 279 g/mol. The molecule has 0 bridgehead atoms. The van der Waals surface area contributed by atoms with Crippen molar-refractivity contribution in [1.82, 2.24) is 4.90 Å². The summed E-state index contributed by atoms with van der Waals surface area (Å²) >= 11 is 5.99. The molecule has 1 fully saturated rings. The first-order valence-corrected chi connectivity index (χ1v) is 7.39. The topological polar surface area (TPSA) is 29.5 Å². The summed E-state index contributed by atoms with van der Waals surface area (Å²) in [5.74, 6) is 0.639. The van der Waals surface area contributed by atoms with Gasteiger partial charge in [-0.25, -0.2) is 0 Å². The number of halogens is 1. The van der Waals surface area contributed by atoms with Gasteiger partial charge in [0.05, 0.1) is 13.2 Å². The third-order valence-corrected chi connectivity index (χ3v) is 4.39. The number of likely N-dealkylation sites (tertiary alicyclic amines) is 1. The molecular formula is C15H18ClNO2. The number of fused-ring (bicyclic) bond motifs is 1. The second-order valence-corrected chi connectivity index (χ2v) is 5.59. The Morgan fingerprint density at radius 1 is 1.32 bits per heavy atom. The molecule has 3 nitrogen and oxygen atoms in total. The molecule has 19 heavy (non-hydrogen) atoms. The van der Waals surface area contributed by atoms with Gasteiger partial charge in [-0.1, -0.05) is 6.07 Å². The van der Waals surface area contributed by atoms with Gasteiger partial charge in [0, 0.05) is 24.0 Å². The van der Waals surface area contributed by atoms with E-state index < -0.39 is 0 Å². The highest BCUT2D eigenvalue weighted by atomic mass is 35.5. The van der Waals surface area contributed by atoms with Crippen LogP contribution in [0.3, 0.4) is 0 Å². The lowest BCUT2D eigenvalue weighted by molar-refractivity contribution is 0.0639. The van der Waals surface area contributed by atoms with Crippen LogP contribution in [0, 0.1) is 0 Å². The van der Waals surface area contributed by atoms with Crippen LogP contribution in [-0.4, -0.2) is 29.3 Å². The molecular weight excluding hydrogens is 262 g/mol. The molecule has 1 atom stereocenters. The normalized spacial score (nSPS) is 22.4. The van der Waals surface area contributed by atoms with Crippen LogP contribution >= 0.6 is 11.6 Å². The Hall–Kier alpha value is -1.06. The van der Waals surface area contributed by atoms with E-state index in [9.17, 15) is 4.79 Å². The second-order valence-electron chi connectivity index (χ2n) is 5.28. The number of hydrogen-bond acceptors (Lipinski definition) is 2. The van der Waals surface area contributed by atoms with E-state index in [4.69, 9.17) is 16.3 Å². The number of alkyl halides is 1. The quantitative estimate of drug-likeness (QED) is 0.779. The lowest BCUT2D eigenvalue weighted by atomic mass is 10.0. The zero-order valence-corrected chi connectivity index (χ0v) is 11.7. The molecule has 1 saturated heterocycles. The number of amides is 1. The Morgan fingerprint density at radius 2 is 2.16 bits per heavy atom. The van der Waals surface area contributed by atoms with E-state index in [0.717, 1.165) is 30.5 Å². The standard InChI is InChI=1S/C15H18ClNO2/c16-8-14-3-1-2-6-17(14)15(18)11-4-5-12-9-19-10-13(12)7-11/h4-5,7,14H,1-3,6,8-10H2. The predicted octanol–water partition coefficient (Wildman–Crippen LogP) is 2.95. The molecule has 2 aliphatic heterocycles. The number of piperidine rings is 1. The van der Waals surface area contributed by atoms with Gasteiger partial charge >= 0.3 is 0 Å². The average Bonchev–Trinajstić information content (AvgIpc) is 2.93. The van der Waals surface area contributed by atoms with E-state index in [2.05, 4.69) is 0 Å². The minimum absolute atomic E-state index is 0.111. The molecule has 0 aromatic heterocycles. The Kier molecular flexibility index (Phi) is 3.76. The highest BCUT2D eigenvalue weighted by Gasteiger charge is 2.27. The number of ether oxygens (including phenoxy) is 1. The van der Waals surface area contributed by atoms with Gasteiger partial charge in [0.15, 0.2) is 0 Å². The molecule has 3 rings (SSSR count). The lowest BCUT2D eigenvalue weighted by Crippen LogP contribution is -2.44. The highest BCUT2D eigenvalue weighted by molar-refractivity contribution is 6.18. The van der Waals surface area contributed by atoms with E-state index in [1.807, 2.05) is 23.1 Å². The number of carbonyl (C=O) groups excluding carboxylic acids is 1. The zero-order chi connectivity index (χ0) is 13.2. The van der Waals surface area contributed by atoms with Crippen molar-refractivity contribution in [1.29, 1.82) is 0 Å². The summed E-state index contributed by atoms with van der Waals surface area (Å²) in [4.78, 5) is 14.5. The van der Waals surface area contributed by atoms with Gasteiger partial charge in [-0.05, 0) is 42.5 Å². The SMILES string of the molecule is O=C(c1ccc2c(c1)COC2)N1CCCCC1CCl. The molecule has 0 radical (unpaired) electrons. The van der Waals surface area contributed by atoms with Gasteiger partial charge in [0.2, 0.25) is 0 Å². The van der Waals surface area contributed by atoms with Crippen molar-refractivity contribution >= 4 is 17.5 Å². The molecule has 1 aromatic carbocycles. The first kappa shape index (κ1) is 12.9. The maximum Gasteiger partial charge on any atom is 0.254 e. The minimum atomic E-state index is 0.111. The van der Waals surface area contributed by atoms with E-state index in [1.165, 1.54) is 12.0 Å². The summed E-state index contributed by atoms with van der Waals surface area (Å²) in [6.07, 6.45) is 3.26. The van der Waals surface area contributed by atoms with Gasteiger partial charge in [-0.3, -0.25) is 4.79 Å². The van der Waals surface area contributed by atoms with Gasteiger partial charge in [-0.2, -0.15) is 0 Å². The van der Waals surface area contributed by atoms with Gasteiger partial charge < -0.3 is 9.64 Å². The molecule has 4 heteroatoms. The zero-order valence-electron chi connectivity index (χ0n) is 10.9. The predicted molar refractivity (Wildman–Crippen MR) is 74.3 cm³/mol. The summed E-state index contributed by atoms with van der Waals surface area (Å²) in [7, 11) is 0. The largest absolute Gasteiger partial charge is 0.372 e. The third-order valence-electron chi connectivity index (χ3n) is 4.03. The van der Waals surface area contributed by atoms with Crippen LogP contribution in [0.15, 0.2) is 18.2 Å². The fourth-order valence-corrected chi connectivity index (χ4v) is 3.22. The van der Waals surface area contributed by atoms with Crippen LogP contribution < -0.4 is 0 Å². The van der Waals surface area contributed by atoms with Gasteiger partial charge in [0.1, 0.15) is 0 Å². The summed E-state index contributed by atoms with van der Waals surface area (Å²) in [5.41, 5.74) is 3.11. The molecule has 1 aromatic rings. The summed E-state index contributed by atoms with van der Waals surface area (Å²) in [6, 6.07) is 6.09. The first-order valence-electron chi connectivity index (χ1n) is 6.86. The molecule has 0 saturated carbocycles. The van der Waals surface area contributed by atoms with Crippen LogP contribution in [0.1, 0.15) is 40.7 Å². The molecule has 1 unspecified atom stereocenters. The summed E-state index contributed by atoms with van der Waals surface area (Å²) in [6.45, 7) is 2.11. The van der Waals surface area contributed by atoms with Crippen molar-refractivity contribution in [2.24, 2.45) is 0 Å². The van der Waals surface area contributed by atoms with Crippen molar-refractivity contribution in [3.63, 3.8) is 0 Å². The van der Waals surface area contributed by atoms with Crippen LogP contribution in [0.4, 0.5) is 0 Å². The van der Waals surface area contributed by atoms with Crippen molar-refractivity contribution < 1.29 is 9.53 Å². The molecule has 2 aliphatic rings. The molecule has 0 aliphatic carbocycles. The Labute approximate surface area is 118 Å². The number of carbonyl (C=O) groups is 1. The molecule has 0 spiro atoms. The third kappa shape index (κ3) is 2.49. The maximum absolute atomic E-state index is 12.6. The van der Waals surface area contributed by atoms with Crippen molar-refractivity contribution in [2.75, 3.05) is 12.4 Å². The van der Waals surface area contributed by atoms with Gasteiger partial charge in [0.25, 0.3) is 5.91 Å². The maximum atomic E-state index is 12.6. The highest BCUT2D eigenvalue weighted by Crippen LogP contribution is 2.24. The first-order chi connectivity index (χ1) is 9.29. The van der Waals surface area contributed by atoms with Crippen LogP contribution in [-0.2, 0) is 18.0 Å². The van der Waals surface area contributed by atoms with E-state index in [-0.39, 0.29) is 11.9 Å². The van der Waals surface area contributed by atoms with Gasteiger partial charge in [-0.15, -0.1) is 11.6 Å². The van der Waals surface area contributed by atoms with Crippen molar-refractivity contribution in [3.8, 4) is 0 Å². The number of hydrogen-bond donors (Lipinski definition) is 0. The Morgan fingerprint density at radius 3 is 3.00 bits per heavy atom. The van der Waals surface area contributed by atoms with E-state index in [0.29, 0.717) is 19.1 Å². The number of nitrogens with zero attached hydrogens (tertiary/aromatic N) is 1. The molecule has 102 valence electrons. The average molecular weight is 280 g/mol. The van der Waals surface area contributed by atoms with Crippen LogP contribution in [0.25, 0.3) is 0 Å². The molecule has 2 heterocycles. The number of benzene rings is 1. The van der Waals surface area contributed by atoms with E-state index >= 15 is 0 Å². The fraction of sp³-hybridized carbons (Fsp3) is 0.533. The van der Waals surface area contributed by atoms with Crippen LogP contribution in [0.2, 0.25) is 0 Å². The Bertz CT molecular complexity index is 489. The van der Waals surface area contributed by atoms with E-state index in [1.54, 1.807) is 0 Å². The molecule has 0 N–H and O–H groups in total. The van der Waals surface area contributed by atoms with Crippen molar-refractivity contribution in [2.45, 2.75) is 38.5 Å². The minimum Gasteiger partial charge on any atom is -0.372 e. The Balaban J connectivity index is 1.82. The smallest absolute Gasteiger partial charge is 0.254 e. The summed E-state index contributed by atoms with van der Waals surface area (Å²) in [5, 5.41) is 0. The van der Waals surface area contributed by atoms with Crippen molar-refractivity contribution in [3.05, 3.63) is 34.9 Å². The number of rotatable bonds is 2. The summed E-state index contributed by atoms with van der Waals surface area (Å²) < 4.78 is 5.39. The molecule has 1 amide bonds. The second kappa shape index (κ2) is 5.51. The van der Waals surface area contributed by atoms with Crippen LogP contribution in [0.5, 0.6) is 0 Å². The fourth-order valence-electron chi connectivity index (χ4n) is 2.90. The lowest BCUT2D eigenvalue weighted by Gasteiger charge is -2.34.